The van der Waals surface area contributed by atoms with E-state index < -0.39 is 0 Å². The molecule has 1 aromatic rings. The van der Waals surface area contributed by atoms with Crippen LogP contribution in [0.15, 0.2) is 47.7 Å². The molecule has 0 aliphatic carbocycles. The molecule has 0 amide bonds. The summed E-state index contributed by atoms with van der Waals surface area (Å²) in [5.41, 5.74) is 9.38. The van der Waals surface area contributed by atoms with Crippen molar-refractivity contribution >= 4 is 11.9 Å². The number of anilines is 1. The number of hydrogen-bond acceptors (Lipinski definition) is 5. The molecule has 2 aliphatic rings. The van der Waals surface area contributed by atoms with Crippen molar-refractivity contribution in [2.45, 2.75) is 32.4 Å². The van der Waals surface area contributed by atoms with E-state index in [0.717, 1.165) is 29.8 Å². The molecule has 6 heteroatoms. The van der Waals surface area contributed by atoms with Crippen LogP contribution in [0.4, 0.5) is 10.1 Å². The summed E-state index contributed by atoms with van der Waals surface area (Å²) < 4.78 is 14.2. The topological polar surface area (TPSA) is 42.9 Å². The van der Waals surface area contributed by atoms with Crippen molar-refractivity contribution in [3.8, 4) is 0 Å². The van der Waals surface area contributed by atoms with Crippen LogP contribution in [0, 0.1) is 17.7 Å². The largest absolute Gasteiger partial charge is 0.358 e. The maximum atomic E-state index is 14.2. The van der Waals surface area contributed by atoms with Crippen LogP contribution in [-0.4, -0.2) is 44.5 Å². The van der Waals surface area contributed by atoms with Crippen molar-refractivity contribution in [2.24, 2.45) is 16.8 Å². The maximum Gasteiger partial charge on any atom is 0.123 e. The minimum Gasteiger partial charge on any atom is -0.358 e. The lowest BCUT2D eigenvalue weighted by molar-refractivity contribution is 0.232. The van der Waals surface area contributed by atoms with Crippen LogP contribution in [0.3, 0.4) is 0 Å². The van der Waals surface area contributed by atoms with E-state index in [9.17, 15) is 4.39 Å². The molecule has 3 rings (SSSR count). The van der Waals surface area contributed by atoms with E-state index in [1.54, 1.807) is 12.1 Å². The van der Waals surface area contributed by atoms with Gasteiger partial charge in [-0.3, -0.25) is 15.8 Å². The quantitative estimate of drug-likeness (QED) is 0.408. The Balaban J connectivity index is 1.98. The van der Waals surface area contributed by atoms with Crippen LogP contribution in [0.2, 0.25) is 0 Å². The number of hydrazine groups is 1. The van der Waals surface area contributed by atoms with Gasteiger partial charge in [0.1, 0.15) is 12.0 Å². The molecule has 3 unspecified atom stereocenters. The fourth-order valence-electron chi connectivity index (χ4n) is 4.31. The van der Waals surface area contributed by atoms with Gasteiger partial charge < -0.3 is 9.80 Å². The van der Waals surface area contributed by atoms with Crippen molar-refractivity contribution in [2.75, 3.05) is 32.1 Å². The third-order valence-electron chi connectivity index (χ3n) is 5.52. The number of fused-ring (bicyclic) bond motifs is 3. The molecular formula is C22H32FN5. The van der Waals surface area contributed by atoms with Crippen LogP contribution in [0.5, 0.6) is 0 Å². The highest BCUT2D eigenvalue weighted by Gasteiger charge is 2.44. The monoisotopic (exact) mass is 385 g/mol. The second-order valence-corrected chi connectivity index (χ2v) is 7.97. The molecule has 0 saturated heterocycles. The van der Waals surface area contributed by atoms with E-state index in [1.807, 2.05) is 19.3 Å². The molecule has 28 heavy (non-hydrogen) atoms. The van der Waals surface area contributed by atoms with E-state index >= 15 is 0 Å². The molecule has 0 bridgehead atoms. The Morgan fingerprint density at radius 1 is 1.36 bits per heavy atom. The van der Waals surface area contributed by atoms with Crippen molar-refractivity contribution in [3.63, 3.8) is 0 Å². The van der Waals surface area contributed by atoms with E-state index in [2.05, 4.69) is 65.5 Å². The number of rotatable bonds is 8. The predicted molar refractivity (Wildman–Crippen MR) is 115 cm³/mol. The molecule has 0 fully saturated rings. The van der Waals surface area contributed by atoms with Crippen LogP contribution < -0.4 is 15.8 Å². The lowest BCUT2D eigenvalue weighted by atomic mass is 9.73. The summed E-state index contributed by atoms with van der Waals surface area (Å²) in [4.78, 5) is 9.08. The first-order valence-electron chi connectivity index (χ1n) is 9.99. The van der Waals surface area contributed by atoms with Gasteiger partial charge in [-0.2, -0.15) is 0 Å². The summed E-state index contributed by atoms with van der Waals surface area (Å²) in [5.74, 6) is 0.554. The minimum absolute atomic E-state index is 0.142. The third-order valence-corrected chi connectivity index (χ3v) is 5.52. The Morgan fingerprint density at radius 3 is 2.86 bits per heavy atom. The van der Waals surface area contributed by atoms with Crippen LogP contribution in [-0.2, 0) is 0 Å². The normalized spacial score (nSPS) is 23.6. The number of nitrogens with one attached hydrogen (secondary N) is 2. The zero-order valence-electron chi connectivity index (χ0n) is 17.3. The Kier molecular flexibility index (Phi) is 6.52. The van der Waals surface area contributed by atoms with Crippen molar-refractivity contribution in [1.82, 2.24) is 15.8 Å². The van der Waals surface area contributed by atoms with Crippen molar-refractivity contribution in [3.05, 3.63) is 54.1 Å². The summed E-state index contributed by atoms with van der Waals surface area (Å²) in [6.45, 7) is 10.0. The summed E-state index contributed by atoms with van der Waals surface area (Å²) in [6, 6.07) is 5.14. The first kappa shape index (κ1) is 20.6. The lowest BCUT2D eigenvalue weighted by Crippen LogP contribution is -2.50. The maximum absolute atomic E-state index is 14.2. The number of aliphatic imine (C=N–C) groups is 1. The van der Waals surface area contributed by atoms with Gasteiger partial charge in [-0.05, 0) is 49.1 Å². The number of nitrogens with zero attached hydrogens (tertiary/aromatic N) is 3. The molecule has 5 nitrogen and oxygen atoms in total. The SMILES string of the molecule is C=C(CNNC)C1C(CC/N=C/C(C)C)c2cc(F)ccc2N2C=CN(C)C12. The molecule has 152 valence electrons. The van der Waals surface area contributed by atoms with E-state index in [0.29, 0.717) is 12.5 Å². The molecular weight excluding hydrogens is 353 g/mol. The average Bonchev–Trinajstić information content (AvgIpc) is 3.04. The van der Waals surface area contributed by atoms with E-state index in [-0.39, 0.29) is 23.8 Å². The summed E-state index contributed by atoms with van der Waals surface area (Å²) >= 11 is 0. The number of hydrogen-bond donors (Lipinski definition) is 2. The van der Waals surface area contributed by atoms with Gasteiger partial charge in [0, 0.05) is 50.4 Å². The van der Waals surface area contributed by atoms with Gasteiger partial charge in [-0.1, -0.05) is 26.0 Å². The van der Waals surface area contributed by atoms with Gasteiger partial charge in [0.15, 0.2) is 0 Å². The van der Waals surface area contributed by atoms with Gasteiger partial charge in [0.05, 0.1) is 0 Å². The summed E-state index contributed by atoms with van der Waals surface area (Å²) in [6.07, 6.45) is 7.17. The Hall–Kier alpha value is -2.18. The fourth-order valence-corrected chi connectivity index (χ4v) is 4.31. The Morgan fingerprint density at radius 2 is 2.14 bits per heavy atom. The standard InChI is InChI=1S/C22H32FN5/c1-15(2)13-25-9-8-18-19-12-17(23)6-7-20(19)28-11-10-27(5)22(28)21(18)16(3)14-26-24-4/h6-7,10-13,15,18,21-22,24,26H,3,8-9,14H2,1-2,4-5H3/b25-13+. The van der Waals surface area contributed by atoms with Gasteiger partial charge in [0.2, 0.25) is 0 Å². The third kappa shape index (κ3) is 4.13. The van der Waals surface area contributed by atoms with E-state index in [1.165, 1.54) is 0 Å². The molecule has 0 aromatic heterocycles. The first-order valence-corrected chi connectivity index (χ1v) is 9.99. The smallest absolute Gasteiger partial charge is 0.123 e. The second kappa shape index (κ2) is 8.88. The second-order valence-electron chi connectivity index (χ2n) is 7.97. The molecule has 2 aliphatic heterocycles. The average molecular weight is 386 g/mol. The Bertz CT molecular complexity index is 757. The zero-order valence-corrected chi connectivity index (χ0v) is 17.3. The molecule has 3 atom stereocenters. The highest BCUT2D eigenvalue weighted by atomic mass is 19.1. The summed E-state index contributed by atoms with van der Waals surface area (Å²) in [5, 5.41) is 0. The molecule has 0 radical (unpaired) electrons. The fraction of sp³-hybridized carbons (Fsp3) is 0.500. The highest BCUT2D eigenvalue weighted by molar-refractivity contribution is 5.63. The lowest BCUT2D eigenvalue weighted by Gasteiger charge is -2.47. The molecule has 2 heterocycles. The van der Waals surface area contributed by atoms with Crippen molar-refractivity contribution in [1.29, 1.82) is 0 Å². The number of benzene rings is 1. The van der Waals surface area contributed by atoms with E-state index in [4.69, 9.17) is 0 Å². The Labute approximate surface area is 168 Å². The van der Waals surface area contributed by atoms with Gasteiger partial charge >= 0.3 is 0 Å². The molecule has 1 aromatic carbocycles. The van der Waals surface area contributed by atoms with Gasteiger partial charge in [0.25, 0.3) is 0 Å². The van der Waals surface area contributed by atoms with Crippen LogP contribution in [0.1, 0.15) is 31.7 Å². The van der Waals surface area contributed by atoms with Gasteiger partial charge in [-0.15, -0.1) is 0 Å². The van der Waals surface area contributed by atoms with Gasteiger partial charge in [-0.25, -0.2) is 4.39 Å². The van der Waals surface area contributed by atoms with Crippen LogP contribution in [0.25, 0.3) is 0 Å². The summed E-state index contributed by atoms with van der Waals surface area (Å²) in [7, 11) is 3.95. The number of halogens is 1. The molecule has 0 saturated carbocycles. The predicted octanol–water partition coefficient (Wildman–Crippen LogP) is 3.49. The van der Waals surface area contributed by atoms with Crippen LogP contribution >= 0.6 is 0 Å². The first-order chi connectivity index (χ1) is 13.4. The highest BCUT2D eigenvalue weighted by Crippen LogP contribution is 2.49. The van der Waals surface area contributed by atoms with Crippen molar-refractivity contribution < 1.29 is 4.39 Å². The molecule has 2 N–H and O–H groups in total. The molecule has 0 spiro atoms. The minimum atomic E-state index is -0.192. The zero-order chi connectivity index (χ0) is 20.3.